The number of anilines is 1. The Hall–Kier alpha value is -1.87. The van der Waals surface area contributed by atoms with Crippen molar-refractivity contribution in [3.63, 3.8) is 0 Å². The number of nitrogen functional groups attached to an aromatic ring is 1. The van der Waals surface area contributed by atoms with E-state index in [1.807, 2.05) is 6.92 Å². The lowest BCUT2D eigenvalue weighted by Gasteiger charge is -2.02. The van der Waals surface area contributed by atoms with Gasteiger partial charge in [-0.05, 0) is 30.7 Å². The Kier molecular flexibility index (Phi) is 2.56. The molecule has 18 heavy (non-hydrogen) atoms. The van der Waals surface area contributed by atoms with Gasteiger partial charge in [0.05, 0.1) is 5.69 Å². The first-order valence-corrected chi connectivity index (χ1v) is 6.69. The van der Waals surface area contributed by atoms with Crippen molar-refractivity contribution in [2.24, 2.45) is 0 Å². The Labute approximate surface area is 110 Å². The second-order valence-corrected chi connectivity index (χ2v) is 5.56. The van der Waals surface area contributed by atoms with Crippen molar-refractivity contribution in [2.75, 3.05) is 5.73 Å². The number of fused-ring (bicyclic) bond motifs is 1. The van der Waals surface area contributed by atoms with Gasteiger partial charge in [0.15, 0.2) is 0 Å². The van der Waals surface area contributed by atoms with Crippen molar-refractivity contribution in [2.45, 2.75) is 13.8 Å². The maximum absolute atomic E-state index is 5.87. The number of thiazole rings is 1. The summed E-state index contributed by atoms with van der Waals surface area (Å²) in [4.78, 5) is 4.50. The molecule has 0 saturated carbocycles. The number of hydrogen-bond donors (Lipinski definition) is 1. The van der Waals surface area contributed by atoms with Crippen LogP contribution >= 0.6 is 11.3 Å². The van der Waals surface area contributed by atoms with Crippen molar-refractivity contribution in [3.8, 4) is 10.6 Å². The summed E-state index contributed by atoms with van der Waals surface area (Å²) in [5.41, 5.74) is 9.20. The molecule has 0 unspecified atom stereocenters. The quantitative estimate of drug-likeness (QED) is 0.708. The average molecular weight is 254 g/mol. The molecule has 0 atom stereocenters. The molecule has 0 fully saturated rings. The van der Waals surface area contributed by atoms with Crippen LogP contribution in [0.3, 0.4) is 0 Å². The van der Waals surface area contributed by atoms with Crippen LogP contribution in [-0.4, -0.2) is 4.98 Å². The second-order valence-electron chi connectivity index (χ2n) is 4.53. The van der Waals surface area contributed by atoms with E-state index in [1.54, 1.807) is 11.3 Å². The molecule has 0 radical (unpaired) electrons. The highest BCUT2D eigenvalue weighted by Crippen LogP contribution is 2.31. The van der Waals surface area contributed by atoms with Crippen molar-refractivity contribution in [1.82, 2.24) is 4.98 Å². The van der Waals surface area contributed by atoms with Crippen LogP contribution in [0.2, 0.25) is 0 Å². The standard InChI is InChI=1S/C15H14N2S/c1-9-3-4-12-8-13(6-5-11(12)7-9)15-17-10(2)14(16)18-15/h3-8H,16H2,1-2H3. The summed E-state index contributed by atoms with van der Waals surface area (Å²) in [5, 5.41) is 4.30. The molecule has 0 amide bonds. The molecule has 0 saturated heterocycles. The molecule has 1 heterocycles. The maximum Gasteiger partial charge on any atom is 0.125 e. The van der Waals surface area contributed by atoms with E-state index in [1.165, 1.54) is 16.3 Å². The Morgan fingerprint density at radius 3 is 2.44 bits per heavy atom. The van der Waals surface area contributed by atoms with Crippen LogP contribution in [0.25, 0.3) is 21.3 Å². The largest absolute Gasteiger partial charge is 0.389 e. The summed E-state index contributed by atoms with van der Waals surface area (Å²) in [6.45, 7) is 4.05. The van der Waals surface area contributed by atoms with Gasteiger partial charge in [-0.3, -0.25) is 0 Å². The highest BCUT2D eigenvalue weighted by atomic mass is 32.1. The Bertz CT molecular complexity index is 709. The summed E-state index contributed by atoms with van der Waals surface area (Å²) < 4.78 is 0. The molecule has 2 aromatic carbocycles. The van der Waals surface area contributed by atoms with Gasteiger partial charge in [0.2, 0.25) is 0 Å². The van der Waals surface area contributed by atoms with Gasteiger partial charge in [0, 0.05) is 5.56 Å². The fourth-order valence-electron chi connectivity index (χ4n) is 2.03. The van der Waals surface area contributed by atoms with E-state index >= 15 is 0 Å². The lowest BCUT2D eigenvalue weighted by Crippen LogP contribution is -1.82. The number of rotatable bonds is 1. The van der Waals surface area contributed by atoms with E-state index < -0.39 is 0 Å². The van der Waals surface area contributed by atoms with Crippen LogP contribution in [0.4, 0.5) is 5.00 Å². The van der Waals surface area contributed by atoms with Gasteiger partial charge in [-0.25, -0.2) is 4.98 Å². The van der Waals surface area contributed by atoms with Crippen LogP contribution < -0.4 is 5.73 Å². The van der Waals surface area contributed by atoms with Crippen LogP contribution in [0.1, 0.15) is 11.3 Å². The first-order valence-electron chi connectivity index (χ1n) is 5.87. The molecule has 0 aliphatic rings. The van der Waals surface area contributed by atoms with Crippen molar-refractivity contribution in [1.29, 1.82) is 0 Å². The minimum atomic E-state index is 0.800. The summed E-state index contributed by atoms with van der Waals surface area (Å²) in [6.07, 6.45) is 0. The van der Waals surface area contributed by atoms with Crippen molar-refractivity contribution < 1.29 is 0 Å². The zero-order valence-electron chi connectivity index (χ0n) is 10.4. The predicted octanol–water partition coefficient (Wildman–Crippen LogP) is 4.16. The first kappa shape index (κ1) is 11.2. The smallest absolute Gasteiger partial charge is 0.125 e. The van der Waals surface area contributed by atoms with E-state index in [0.29, 0.717) is 0 Å². The lowest BCUT2D eigenvalue weighted by atomic mass is 10.1. The highest BCUT2D eigenvalue weighted by Gasteiger charge is 2.07. The Morgan fingerprint density at radius 2 is 1.72 bits per heavy atom. The minimum Gasteiger partial charge on any atom is -0.389 e. The monoisotopic (exact) mass is 254 g/mol. The first-order chi connectivity index (χ1) is 8.63. The molecule has 2 nitrogen and oxygen atoms in total. The third-order valence-corrected chi connectivity index (χ3v) is 4.11. The highest BCUT2D eigenvalue weighted by molar-refractivity contribution is 7.18. The Morgan fingerprint density at radius 1 is 1.00 bits per heavy atom. The summed E-state index contributed by atoms with van der Waals surface area (Å²) in [5.74, 6) is 0. The van der Waals surface area contributed by atoms with Crippen LogP contribution in [0.15, 0.2) is 36.4 Å². The zero-order valence-corrected chi connectivity index (χ0v) is 11.2. The van der Waals surface area contributed by atoms with Gasteiger partial charge in [0.25, 0.3) is 0 Å². The van der Waals surface area contributed by atoms with Gasteiger partial charge in [-0.15, -0.1) is 0 Å². The van der Waals surface area contributed by atoms with Gasteiger partial charge >= 0.3 is 0 Å². The zero-order chi connectivity index (χ0) is 12.7. The fraction of sp³-hybridized carbons (Fsp3) is 0.133. The summed E-state index contributed by atoms with van der Waals surface area (Å²) >= 11 is 1.55. The molecule has 0 bridgehead atoms. The molecule has 0 aliphatic carbocycles. The molecular weight excluding hydrogens is 240 g/mol. The minimum absolute atomic E-state index is 0.800. The number of nitrogens with zero attached hydrogens (tertiary/aromatic N) is 1. The van der Waals surface area contributed by atoms with Crippen LogP contribution in [0.5, 0.6) is 0 Å². The van der Waals surface area contributed by atoms with E-state index in [-0.39, 0.29) is 0 Å². The van der Waals surface area contributed by atoms with E-state index in [4.69, 9.17) is 5.73 Å². The SMILES string of the molecule is Cc1ccc2cc(-c3nc(C)c(N)s3)ccc2c1. The van der Waals surface area contributed by atoms with Crippen molar-refractivity contribution in [3.05, 3.63) is 47.7 Å². The van der Waals surface area contributed by atoms with Gasteiger partial charge in [0.1, 0.15) is 10.0 Å². The predicted molar refractivity (Wildman–Crippen MR) is 78.9 cm³/mol. The molecular formula is C15H14N2S. The molecule has 2 N–H and O–H groups in total. The molecule has 90 valence electrons. The van der Waals surface area contributed by atoms with E-state index in [9.17, 15) is 0 Å². The number of benzene rings is 2. The summed E-state index contributed by atoms with van der Waals surface area (Å²) in [7, 11) is 0. The van der Waals surface area contributed by atoms with Gasteiger partial charge in [-0.2, -0.15) is 0 Å². The lowest BCUT2D eigenvalue weighted by molar-refractivity contribution is 1.27. The topological polar surface area (TPSA) is 38.9 Å². The molecule has 3 rings (SSSR count). The normalized spacial score (nSPS) is 11.0. The molecule has 0 aliphatic heterocycles. The molecule has 1 aromatic heterocycles. The number of hydrogen-bond acceptors (Lipinski definition) is 3. The van der Waals surface area contributed by atoms with Crippen molar-refractivity contribution >= 4 is 27.1 Å². The Balaban J connectivity index is 2.16. The van der Waals surface area contributed by atoms with Crippen LogP contribution in [0, 0.1) is 13.8 Å². The number of nitrogens with two attached hydrogens (primary N) is 1. The van der Waals surface area contributed by atoms with E-state index in [0.717, 1.165) is 21.3 Å². The fourth-order valence-corrected chi connectivity index (χ4v) is 2.86. The van der Waals surface area contributed by atoms with Gasteiger partial charge < -0.3 is 5.73 Å². The maximum atomic E-state index is 5.87. The second kappa shape index (κ2) is 4.10. The number of aromatic nitrogens is 1. The molecule has 0 spiro atoms. The average Bonchev–Trinajstić information content (AvgIpc) is 2.69. The van der Waals surface area contributed by atoms with E-state index in [2.05, 4.69) is 48.3 Å². The third-order valence-electron chi connectivity index (χ3n) is 3.08. The van der Waals surface area contributed by atoms with Gasteiger partial charge in [-0.1, -0.05) is 47.2 Å². The molecule has 3 heteroatoms. The summed E-state index contributed by atoms with van der Waals surface area (Å²) in [6, 6.07) is 12.9. The third kappa shape index (κ3) is 1.87. The molecule has 3 aromatic rings. The number of aryl methyl sites for hydroxylation is 2. The van der Waals surface area contributed by atoms with Crippen LogP contribution in [-0.2, 0) is 0 Å².